The van der Waals surface area contributed by atoms with Gasteiger partial charge in [0.1, 0.15) is 0 Å². The van der Waals surface area contributed by atoms with Gasteiger partial charge in [0.05, 0.1) is 6.61 Å². The predicted octanol–water partition coefficient (Wildman–Crippen LogP) is 2.25. The summed E-state index contributed by atoms with van der Waals surface area (Å²) >= 11 is 0. The molecule has 0 heterocycles. The SMILES string of the molecule is CC(C)NC(C)(CO)CCN(CC1CC1)CC1CC1. The fourth-order valence-electron chi connectivity index (χ4n) is 2.89. The molecular formula is C16H32N2O. The zero-order chi connectivity index (χ0) is 13.9. The van der Waals surface area contributed by atoms with E-state index in [0.29, 0.717) is 6.04 Å². The Kier molecular flexibility index (Phi) is 5.27. The molecule has 2 N–H and O–H groups in total. The van der Waals surface area contributed by atoms with Gasteiger partial charge in [-0.3, -0.25) is 0 Å². The number of nitrogens with one attached hydrogen (secondary N) is 1. The minimum absolute atomic E-state index is 0.125. The lowest BCUT2D eigenvalue weighted by molar-refractivity contribution is 0.134. The maximum atomic E-state index is 9.65. The summed E-state index contributed by atoms with van der Waals surface area (Å²) in [6, 6.07) is 0.428. The van der Waals surface area contributed by atoms with Gasteiger partial charge in [-0.1, -0.05) is 13.8 Å². The molecule has 0 bridgehead atoms. The monoisotopic (exact) mass is 268 g/mol. The quantitative estimate of drug-likeness (QED) is 0.638. The van der Waals surface area contributed by atoms with Gasteiger partial charge >= 0.3 is 0 Å². The highest BCUT2D eigenvalue weighted by atomic mass is 16.3. The lowest BCUT2D eigenvalue weighted by Gasteiger charge is -2.34. The maximum Gasteiger partial charge on any atom is 0.0611 e. The largest absolute Gasteiger partial charge is 0.394 e. The Morgan fingerprint density at radius 2 is 1.68 bits per heavy atom. The molecule has 2 fully saturated rings. The summed E-state index contributed by atoms with van der Waals surface area (Å²) in [7, 11) is 0. The van der Waals surface area contributed by atoms with Crippen LogP contribution >= 0.6 is 0 Å². The molecule has 2 aliphatic carbocycles. The molecule has 1 unspecified atom stereocenters. The van der Waals surface area contributed by atoms with Gasteiger partial charge in [0.2, 0.25) is 0 Å². The molecule has 0 amide bonds. The number of hydrogen-bond acceptors (Lipinski definition) is 3. The van der Waals surface area contributed by atoms with Crippen LogP contribution in [0.25, 0.3) is 0 Å². The smallest absolute Gasteiger partial charge is 0.0611 e. The first-order chi connectivity index (χ1) is 9.00. The molecule has 0 aromatic carbocycles. The Balaban J connectivity index is 1.77. The summed E-state index contributed by atoms with van der Waals surface area (Å²) < 4.78 is 0. The van der Waals surface area contributed by atoms with Crippen LogP contribution in [0.4, 0.5) is 0 Å². The molecule has 0 radical (unpaired) electrons. The van der Waals surface area contributed by atoms with E-state index in [1.165, 1.54) is 38.8 Å². The van der Waals surface area contributed by atoms with Crippen LogP contribution in [0.1, 0.15) is 52.9 Å². The van der Waals surface area contributed by atoms with E-state index in [1.54, 1.807) is 0 Å². The topological polar surface area (TPSA) is 35.5 Å². The average Bonchev–Trinajstić information content (AvgIpc) is 3.20. The minimum atomic E-state index is -0.125. The first-order valence-electron chi connectivity index (χ1n) is 8.11. The fraction of sp³-hybridized carbons (Fsp3) is 1.00. The third-order valence-corrected chi connectivity index (χ3v) is 4.39. The molecule has 2 aliphatic rings. The van der Waals surface area contributed by atoms with Crippen LogP contribution in [-0.2, 0) is 0 Å². The molecule has 0 aromatic heterocycles. The first kappa shape index (κ1) is 15.3. The van der Waals surface area contributed by atoms with Crippen LogP contribution in [0.15, 0.2) is 0 Å². The van der Waals surface area contributed by atoms with Gasteiger partial charge in [-0.2, -0.15) is 0 Å². The molecular weight excluding hydrogens is 236 g/mol. The van der Waals surface area contributed by atoms with E-state index in [4.69, 9.17) is 0 Å². The Morgan fingerprint density at radius 1 is 1.16 bits per heavy atom. The number of rotatable bonds is 10. The molecule has 2 rings (SSSR count). The highest BCUT2D eigenvalue weighted by Gasteiger charge is 2.31. The van der Waals surface area contributed by atoms with Crippen molar-refractivity contribution in [1.29, 1.82) is 0 Å². The van der Waals surface area contributed by atoms with E-state index >= 15 is 0 Å². The molecule has 0 aromatic rings. The standard InChI is InChI=1S/C16H32N2O/c1-13(2)17-16(3,12-19)8-9-18(10-14-4-5-14)11-15-6-7-15/h13-15,17,19H,4-12H2,1-3H3. The average molecular weight is 268 g/mol. The highest BCUT2D eigenvalue weighted by molar-refractivity contribution is 4.87. The number of nitrogens with zero attached hydrogens (tertiary/aromatic N) is 1. The van der Waals surface area contributed by atoms with Crippen LogP contribution in [0.2, 0.25) is 0 Å². The molecule has 112 valence electrons. The van der Waals surface area contributed by atoms with Crippen molar-refractivity contribution < 1.29 is 5.11 Å². The first-order valence-corrected chi connectivity index (χ1v) is 8.11. The third kappa shape index (κ3) is 5.80. The highest BCUT2D eigenvalue weighted by Crippen LogP contribution is 2.34. The van der Waals surface area contributed by atoms with Crippen molar-refractivity contribution in [2.75, 3.05) is 26.2 Å². The van der Waals surface area contributed by atoms with E-state index in [2.05, 4.69) is 31.0 Å². The van der Waals surface area contributed by atoms with E-state index in [9.17, 15) is 5.11 Å². The lowest BCUT2D eigenvalue weighted by Crippen LogP contribution is -2.51. The van der Waals surface area contributed by atoms with E-state index in [-0.39, 0.29) is 12.1 Å². The Labute approximate surface area is 118 Å². The number of hydrogen-bond donors (Lipinski definition) is 2. The van der Waals surface area contributed by atoms with Crippen LogP contribution in [0.3, 0.4) is 0 Å². The van der Waals surface area contributed by atoms with Crippen molar-refractivity contribution in [3.8, 4) is 0 Å². The second-order valence-electron chi connectivity index (χ2n) is 7.41. The van der Waals surface area contributed by atoms with Crippen molar-refractivity contribution in [1.82, 2.24) is 10.2 Å². The second kappa shape index (κ2) is 6.55. The van der Waals surface area contributed by atoms with Gasteiger partial charge in [-0.25, -0.2) is 0 Å². The molecule has 1 atom stereocenters. The van der Waals surface area contributed by atoms with Gasteiger partial charge in [-0.05, 0) is 57.4 Å². The summed E-state index contributed by atoms with van der Waals surface area (Å²) in [6.07, 6.45) is 6.78. The maximum absolute atomic E-state index is 9.65. The van der Waals surface area contributed by atoms with Gasteiger partial charge in [0.25, 0.3) is 0 Å². The molecule has 0 spiro atoms. The van der Waals surface area contributed by atoms with Crippen molar-refractivity contribution in [2.24, 2.45) is 11.8 Å². The fourth-order valence-corrected chi connectivity index (χ4v) is 2.89. The molecule has 3 heteroatoms. The van der Waals surface area contributed by atoms with Crippen LogP contribution in [0.5, 0.6) is 0 Å². The summed E-state index contributed by atoms with van der Waals surface area (Å²) in [4.78, 5) is 2.66. The van der Waals surface area contributed by atoms with E-state index < -0.39 is 0 Å². The molecule has 0 aliphatic heterocycles. The van der Waals surface area contributed by atoms with Gasteiger partial charge in [0.15, 0.2) is 0 Å². The number of aliphatic hydroxyl groups is 1. The summed E-state index contributed by atoms with van der Waals surface area (Å²) in [5, 5.41) is 13.2. The lowest BCUT2D eigenvalue weighted by atomic mass is 9.97. The van der Waals surface area contributed by atoms with Gasteiger partial charge in [-0.15, -0.1) is 0 Å². The Hall–Kier alpha value is -0.120. The molecule has 0 saturated heterocycles. The summed E-state index contributed by atoms with van der Waals surface area (Å²) in [5.41, 5.74) is -0.125. The summed E-state index contributed by atoms with van der Waals surface area (Å²) in [5.74, 6) is 1.94. The minimum Gasteiger partial charge on any atom is -0.394 e. The Bertz CT molecular complexity index is 260. The van der Waals surface area contributed by atoms with E-state index in [0.717, 1.165) is 24.8 Å². The van der Waals surface area contributed by atoms with Crippen molar-refractivity contribution >= 4 is 0 Å². The number of aliphatic hydroxyl groups excluding tert-OH is 1. The van der Waals surface area contributed by atoms with Crippen LogP contribution < -0.4 is 5.32 Å². The Morgan fingerprint density at radius 3 is 2.05 bits per heavy atom. The van der Waals surface area contributed by atoms with E-state index in [1.807, 2.05) is 0 Å². The predicted molar refractivity (Wildman–Crippen MR) is 80.3 cm³/mol. The third-order valence-electron chi connectivity index (χ3n) is 4.39. The van der Waals surface area contributed by atoms with Crippen LogP contribution in [0, 0.1) is 11.8 Å². The molecule has 3 nitrogen and oxygen atoms in total. The van der Waals surface area contributed by atoms with Gasteiger partial charge in [0, 0.05) is 24.7 Å². The summed E-state index contributed by atoms with van der Waals surface area (Å²) in [6.45, 7) is 10.4. The molecule has 2 saturated carbocycles. The molecule has 19 heavy (non-hydrogen) atoms. The second-order valence-corrected chi connectivity index (χ2v) is 7.41. The zero-order valence-corrected chi connectivity index (χ0v) is 13.0. The van der Waals surface area contributed by atoms with Crippen molar-refractivity contribution in [3.05, 3.63) is 0 Å². The van der Waals surface area contributed by atoms with Crippen molar-refractivity contribution in [3.63, 3.8) is 0 Å². The van der Waals surface area contributed by atoms with Crippen LogP contribution in [-0.4, -0.2) is 47.8 Å². The van der Waals surface area contributed by atoms with Gasteiger partial charge < -0.3 is 15.3 Å². The zero-order valence-electron chi connectivity index (χ0n) is 13.0. The van der Waals surface area contributed by atoms with Crippen molar-refractivity contribution in [2.45, 2.75) is 64.5 Å². The normalized spacial score (nSPS) is 23.1.